The van der Waals surface area contributed by atoms with Gasteiger partial charge >= 0.3 is 18.3 Å². The number of aliphatic carboxylic acids is 1. The Morgan fingerprint density at radius 3 is 2.20 bits per heavy atom. The molecule has 0 aliphatic carbocycles. The Balaban J connectivity index is 0.000000784. The molecule has 4 aromatic rings. The lowest BCUT2D eigenvalue weighted by Gasteiger charge is -2.37. The number of carboxylic acids is 1. The van der Waals surface area contributed by atoms with Crippen molar-refractivity contribution in [2.24, 2.45) is 13.0 Å². The average molecular weight is 814 g/mol. The second-order valence-corrected chi connectivity index (χ2v) is 12.9. The van der Waals surface area contributed by atoms with E-state index in [-0.39, 0.29) is 57.0 Å². The van der Waals surface area contributed by atoms with E-state index in [0.717, 1.165) is 43.0 Å². The molecule has 0 spiro atoms. The van der Waals surface area contributed by atoms with Gasteiger partial charge in [-0.3, -0.25) is 14.4 Å². The number of imidazole rings is 1. The van der Waals surface area contributed by atoms with Crippen LogP contribution in [0.1, 0.15) is 39.5 Å². The molecule has 3 aromatic heterocycles. The number of carboxylic acid groups (broad SMARTS) is 1. The number of hydrogen-bond acceptors (Lipinski definition) is 10. The summed E-state index contributed by atoms with van der Waals surface area (Å²) in [7, 11) is 3.01. The second kappa shape index (κ2) is 16.9. The summed E-state index contributed by atoms with van der Waals surface area (Å²) in [5, 5.41) is 19.6. The molecule has 2 aliphatic rings. The van der Waals surface area contributed by atoms with Gasteiger partial charge in [-0.1, -0.05) is 11.6 Å². The lowest BCUT2D eigenvalue weighted by Crippen LogP contribution is -2.52. The van der Waals surface area contributed by atoms with Gasteiger partial charge in [0.05, 0.1) is 28.0 Å². The van der Waals surface area contributed by atoms with Crippen molar-refractivity contribution in [3.8, 4) is 17.2 Å². The Labute approximate surface area is 318 Å². The first kappa shape index (κ1) is 41.4. The molecule has 0 radical (unpaired) electrons. The molecule has 1 aromatic carbocycles. The summed E-state index contributed by atoms with van der Waals surface area (Å²) in [5.74, 6) is -3.52. The first-order chi connectivity index (χ1) is 26.4. The van der Waals surface area contributed by atoms with E-state index in [1.54, 1.807) is 18.0 Å². The Bertz CT molecular complexity index is 2090. The van der Waals surface area contributed by atoms with Crippen LogP contribution in [0.2, 0.25) is 5.02 Å². The molecule has 0 saturated carbocycles. The molecule has 3 amide bonds. The number of piperazine rings is 1. The van der Waals surface area contributed by atoms with Gasteiger partial charge in [-0.25, -0.2) is 19.4 Å². The number of nitrogens with zero attached hydrogens (tertiary/aromatic N) is 8. The van der Waals surface area contributed by atoms with E-state index in [4.69, 9.17) is 21.5 Å². The normalized spacial score (nSPS) is 15.2. The largest absolute Gasteiger partial charge is 0.490 e. The van der Waals surface area contributed by atoms with E-state index in [2.05, 4.69) is 36.0 Å². The molecule has 4 N–H and O–H groups in total. The Hall–Kier alpha value is -5.77. The zero-order chi connectivity index (χ0) is 40.9. The Morgan fingerprint density at radius 2 is 1.61 bits per heavy atom. The highest BCUT2D eigenvalue weighted by atomic mass is 35.5. The summed E-state index contributed by atoms with van der Waals surface area (Å²) >= 11 is 6.48. The van der Waals surface area contributed by atoms with Gasteiger partial charge in [0, 0.05) is 64.3 Å². The predicted octanol–water partition coefficient (Wildman–Crippen LogP) is 3.95. The van der Waals surface area contributed by atoms with Crippen molar-refractivity contribution < 1.29 is 50.6 Å². The molecule has 0 bridgehead atoms. The van der Waals surface area contributed by atoms with E-state index in [1.165, 1.54) is 36.0 Å². The lowest BCUT2D eigenvalue weighted by atomic mass is 9.96. The fraction of sp³-hybridized carbons (Fsp3) is 0.394. The molecular formula is C33H34ClF6N11O5. The van der Waals surface area contributed by atoms with Gasteiger partial charge in [0.2, 0.25) is 5.91 Å². The summed E-state index contributed by atoms with van der Waals surface area (Å²) < 4.78 is 76.0. The third-order valence-electron chi connectivity index (χ3n) is 8.82. The summed E-state index contributed by atoms with van der Waals surface area (Å²) in [6.45, 7) is 3.27. The van der Waals surface area contributed by atoms with Crippen molar-refractivity contribution >= 4 is 46.8 Å². The topological polar surface area (TPSA) is 192 Å². The molecule has 0 atom stereocenters. The highest BCUT2D eigenvalue weighted by molar-refractivity contribution is 6.34. The molecule has 6 rings (SSSR count). The summed E-state index contributed by atoms with van der Waals surface area (Å²) in [4.78, 5) is 64.0. The van der Waals surface area contributed by atoms with Crippen LogP contribution in [-0.2, 0) is 22.8 Å². The highest BCUT2D eigenvalue weighted by Gasteiger charge is 2.40. The average Bonchev–Trinajstić information content (AvgIpc) is 3.79. The zero-order valence-electron chi connectivity index (χ0n) is 29.6. The van der Waals surface area contributed by atoms with Gasteiger partial charge in [0.25, 0.3) is 17.8 Å². The van der Waals surface area contributed by atoms with Crippen LogP contribution in [0.4, 0.5) is 37.8 Å². The van der Waals surface area contributed by atoms with Crippen LogP contribution in [0, 0.1) is 5.92 Å². The van der Waals surface area contributed by atoms with Crippen LogP contribution >= 0.6 is 11.6 Å². The number of benzene rings is 1. The maximum absolute atomic E-state index is 14.1. The predicted molar refractivity (Wildman–Crippen MR) is 187 cm³/mol. The van der Waals surface area contributed by atoms with Crippen molar-refractivity contribution in [1.29, 1.82) is 0 Å². The van der Waals surface area contributed by atoms with Crippen molar-refractivity contribution in [2.75, 3.05) is 56.9 Å². The third kappa shape index (κ3) is 9.53. The second-order valence-electron chi connectivity index (χ2n) is 12.4. The fourth-order valence-corrected chi connectivity index (χ4v) is 6.18. The number of rotatable bonds is 7. The number of anilines is 2. The van der Waals surface area contributed by atoms with E-state index >= 15 is 0 Å². The van der Waals surface area contributed by atoms with Crippen molar-refractivity contribution in [3.63, 3.8) is 0 Å². The lowest BCUT2D eigenvalue weighted by molar-refractivity contribution is -0.192. The number of hydrogen-bond donors (Lipinski definition) is 4. The van der Waals surface area contributed by atoms with Crippen LogP contribution in [0.3, 0.4) is 0 Å². The van der Waals surface area contributed by atoms with Crippen molar-refractivity contribution in [1.82, 2.24) is 44.4 Å². The van der Waals surface area contributed by atoms with Crippen LogP contribution in [-0.4, -0.2) is 120 Å². The fourth-order valence-electron chi connectivity index (χ4n) is 5.92. The molecule has 2 fully saturated rings. The number of carbonyl (C=O) groups excluding carboxylic acids is 3. The SMILES string of the molecule is CNc1ccnc(-n2cc(-c3cnc(C(=O)Nc4ccc(C(=O)N5CCN(C(=O)C6CCNCC6)CC5)c(Cl)c4)n3C)c(C(F)(F)F)n2)n1.O=C(O)C(F)(F)F. The highest BCUT2D eigenvalue weighted by Crippen LogP contribution is 2.37. The molecule has 56 heavy (non-hydrogen) atoms. The van der Waals surface area contributed by atoms with E-state index in [0.29, 0.717) is 32.0 Å². The number of halogens is 7. The number of carbonyl (C=O) groups is 4. The summed E-state index contributed by atoms with van der Waals surface area (Å²) in [6, 6.07) is 5.96. The Kier molecular flexibility index (Phi) is 12.5. The van der Waals surface area contributed by atoms with Crippen LogP contribution in [0.25, 0.3) is 17.2 Å². The quantitative estimate of drug-likeness (QED) is 0.198. The first-order valence-corrected chi connectivity index (χ1v) is 17.2. The molecule has 0 unspecified atom stereocenters. The summed E-state index contributed by atoms with van der Waals surface area (Å²) in [5.41, 5.74) is -1.08. The molecule has 2 saturated heterocycles. The van der Waals surface area contributed by atoms with Gasteiger partial charge in [-0.15, -0.1) is 0 Å². The maximum Gasteiger partial charge on any atom is 0.490 e. The number of alkyl halides is 6. The number of aromatic nitrogens is 6. The van der Waals surface area contributed by atoms with Gasteiger partial charge in [0.15, 0.2) is 11.5 Å². The number of nitrogens with one attached hydrogen (secondary N) is 3. The molecule has 16 nitrogen and oxygen atoms in total. The molecule has 300 valence electrons. The minimum atomic E-state index is -5.08. The molecule has 23 heteroatoms. The minimum absolute atomic E-state index is 0.0104. The minimum Gasteiger partial charge on any atom is -0.475 e. The van der Waals surface area contributed by atoms with Gasteiger partial charge < -0.3 is 35.4 Å². The number of amides is 3. The molecular weight excluding hydrogens is 780 g/mol. The summed E-state index contributed by atoms with van der Waals surface area (Å²) in [6.07, 6.45) is -4.65. The van der Waals surface area contributed by atoms with Crippen molar-refractivity contribution in [2.45, 2.75) is 25.2 Å². The Morgan fingerprint density at radius 1 is 0.964 bits per heavy atom. The van der Waals surface area contributed by atoms with Crippen molar-refractivity contribution in [3.05, 3.63) is 65.0 Å². The van der Waals surface area contributed by atoms with Gasteiger partial charge in [0.1, 0.15) is 5.82 Å². The smallest absolute Gasteiger partial charge is 0.475 e. The molecule has 2 aliphatic heterocycles. The van der Waals surface area contributed by atoms with Crippen LogP contribution in [0.15, 0.2) is 42.9 Å². The van der Waals surface area contributed by atoms with E-state index in [1.807, 2.05) is 4.90 Å². The van der Waals surface area contributed by atoms with Gasteiger partial charge in [-0.2, -0.15) is 36.4 Å². The monoisotopic (exact) mass is 813 g/mol. The van der Waals surface area contributed by atoms with E-state index < -0.39 is 29.9 Å². The maximum atomic E-state index is 14.1. The van der Waals surface area contributed by atoms with Crippen LogP contribution in [0.5, 0.6) is 0 Å². The van der Waals surface area contributed by atoms with Gasteiger partial charge in [-0.05, 0) is 50.2 Å². The first-order valence-electron chi connectivity index (χ1n) is 16.8. The van der Waals surface area contributed by atoms with Crippen LogP contribution < -0.4 is 16.0 Å². The standard InChI is InChI=1S/C31H33ClF3N11O3.C2HF3O2/c1-36-24-7-10-38-30(41-24)46-17-21(25(42-46)31(33,34)35)23-16-39-26(43(23)2)27(47)40-19-3-4-20(22(32)15-19)29(49)45-13-11-44(12-14-45)28(48)18-5-8-37-9-6-18;3-2(4,5)1(6)7/h3-4,7,10,15-18,37H,5-6,8-9,11-14H2,1-2H3,(H,40,47)(H,36,38,41);(H,6,7). The van der Waals surface area contributed by atoms with E-state index in [9.17, 15) is 40.7 Å². The molecule has 5 heterocycles. The number of piperidine rings is 1. The zero-order valence-corrected chi connectivity index (χ0v) is 30.3. The third-order valence-corrected chi connectivity index (χ3v) is 9.13.